The van der Waals surface area contributed by atoms with Crippen molar-refractivity contribution in [2.45, 2.75) is 12.3 Å². The van der Waals surface area contributed by atoms with Gasteiger partial charge in [0.05, 0.1) is 5.75 Å². The predicted molar refractivity (Wildman–Crippen MR) is 96.0 cm³/mol. The molecule has 25 heavy (non-hydrogen) atoms. The Morgan fingerprint density at radius 3 is 2.68 bits per heavy atom. The number of amides is 2. The van der Waals surface area contributed by atoms with E-state index in [1.807, 2.05) is 30.3 Å². The van der Waals surface area contributed by atoms with Crippen molar-refractivity contribution in [2.24, 2.45) is 0 Å². The van der Waals surface area contributed by atoms with Crippen LogP contribution in [0.15, 0.2) is 42.5 Å². The third kappa shape index (κ3) is 3.02. The Balaban J connectivity index is 1.63. The summed E-state index contributed by atoms with van der Waals surface area (Å²) in [6.07, 6.45) is 0. The maximum Gasteiger partial charge on any atom is 0.238 e. The largest absolute Gasteiger partial charge is 0.454 e. The number of hydrogen-bond acceptors (Lipinski definition) is 5. The molecule has 2 aromatic carbocycles. The summed E-state index contributed by atoms with van der Waals surface area (Å²) in [5.41, 5.74) is 2.49. The number of fused-ring (bicyclic) bond motifs is 1. The van der Waals surface area contributed by atoms with E-state index in [9.17, 15) is 9.59 Å². The lowest BCUT2D eigenvalue weighted by Crippen LogP contribution is -2.27. The van der Waals surface area contributed by atoms with Crippen LogP contribution in [-0.4, -0.2) is 24.4 Å². The Morgan fingerprint density at radius 1 is 1.16 bits per heavy atom. The standard InChI is InChI=1S/C18H16N2O4S/c1-11(21)19-13-3-5-14(6-4-13)20-17(22)9-25-18(20)12-2-7-15-16(8-12)24-10-23-15/h2-8,18H,9-10H2,1H3,(H,19,21). The number of anilines is 2. The van der Waals surface area contributed by atoms with Gasteiger partial charge in [0, 0.05) is 18.3 Å². The second-order valence-corrected chi connectivity index (χ2v) is 6.84. The van der Waals surface area contributed by atoms with Gasteiger partial charge in [-0.15, -0.1) is 11.8 Å². The fourth-order valence-corrected chi connectivity index (χ4v) is 4.09. The van der Waals surface area contributed by atoms with Gasteiger partial charge in [-0.25, -0.2) is 0 Å². The number of rotatable bonds is 3. The lowest BCUT2D eigenvalue weighted by molar-refractivity contribution is -0.116. The molecule has 0 radical (unpaired) electrons. The van der Waals surface area contributed by atoms with Crippen molar-refractivity contribution in [2.75, 3.05) is 22.8 Å². The molecule has 0 saturated carbocycles. The first-order valence-electron chi connectivity index (χ1n) is 7.83. The summed E-state index contributed by atoms with van der Waals surface area (Å²) in [6.45, 7) is 1.69. The van der Waals surface area contributed by atoms with Gasteiger partial charge in [-0.3, -0.25) is 14.5 Å². The highest BCUT2D eigenvalue weighted by Crippen LogP contribution is 2.44. The molecular weight excluding hydrogens is 340 g/mol. The van der Waals surface area contributed by atoms with E-state index < -0.39 is 0 Å². The van der Waals surface area contributed by atoms with Crippen molar-refractivity contribution in [3.8, 4) is 11.5 Å². The number of carbonyl (C=O) groups is 2. The summed E-state index contributed by atoms with van der Waals surface area (Å²) in [6, 6.07) is 13.0. The zero-order valence-corrected chi connectivity index (χ0v) is 14.3. The number of ether oxygens (including phenoxy) is 2. The van der Waals surface area contributed by atoms with Crippen LogP contribution in [0.1, 0.15) is 17.9 Å². The summed E-state index contributed by atoms with van der Waals surface area (Å²) in [4.78, 5) is 25.3. The molecule has 7 heteroatoms. The highest BCUT2D eigenvalue weighted by molar-refractivity contribution is 8.00. The van der Waals surface area contributed by atoms with E-state index in [4.69, 9.17) is 9.47 Å². The Hall–Kier alpha value is -2.67. The number of nitrogens with zero attached hydrogens (tertiary/aromatic N) is 1. The lowest BCUT2D eigenvalue weighted by Gasteiger charge is -2.24. The minimum absolute atomic E-state index is 0.0555. The van der Waals surface area contributed by atoms with Crippen LogP contribution in [0.2, 0.25) is 0 Å². The first-order valence-corrected chi connectivity index (χ1v) is 8.87. The van der Waals surface area contributed by atoms with Crippen molar-refractivity contribution >= 4 is 35.0 Å². The normalized spacial score (nSPS) is 18.5. The highest BCUT2D eigenvalue weighted by atomic mass is 32.2. The summed E-state index contributed by atoms with van der Waals surface area (Å²) in [7, 11) is 0. The Morgan fingerprint density at radius 2 is 1.92 bits per heavy atom. The number of carbonyl (C=O) groups excluding carboxylic acids is 2. The molecule has 1 N–H and O–H groups in total. The van der Waals surface area contributed by atoms with Crippen LogP contribution in [0.25, 0.3) is 0 Å². The molecule has 0 aliphatic carbocycles. The van der Waals surface area contributed by atoms with Crippen LogP contribution in [0.5, 0.6) is 11.5 Å². The zero-order chi connectivity index (χ0) is 17.4. The Labute approximate surface area is 149 Å². The monoisotopic (exact) mass is 356 g/mol. The third-order valence-corrected chi connectivity index (χ3v) is 5.23. The summed E-state index contributed by atoms with van der Waals surface area (Å²) in [5.74, 6) is 1.79. The molecular formula is C18H16N2O4S. The fourth-order valence-electron chi connectivity index (χ4n) is 2.93. The van der Waals surface area contributed by atoms with Crippen LogP contribution in [0.3, 0.4) is 0 Å². The minimum Gasteiger partial charge on any atom is -0.454 e. The molecule has 2 aliphatic rings. The maximum absolute atomic E-state index is 12.4. The molecule has 6 nitrogen and oxygen atoms in total. The maximum atomic E-state index is 12.4. The van der Waals surface area contributed by atoms with Crippen molar-refractivity contribution in [3.63, 3.8) is 0 Å². The van der Waals surface area contributed by atoms with Crippen LogP contribution in [-0.2, 0) is 9.59 Å². The van der Waals surface area contributed by atoms with Crippen molar-refractivity contribution in [3.05, 3.63) is 48.0 Å². The van der Waals surface area contributed by atoms with Crippen molar-refractivity contribution in [1.82, 2.24) is 0 Å². The number of nitrogens with one attached hydrogen (secondary N) is 1. The summed E-state index contributed by atoms with van der Waals surface area (Å²) in [5, 5.41) is 2.61. The Kier molecular flexibility index (Phi) is 4.01. The van der Waals surface area contributed by atoms with Crippen molar-refractivity contribution in [1.29, 1.82) is 0 Å². The fraction of sp³-hybridized carbons (Fsp3) is 0.222. The van der Waals surface area contributed by atoms with Crippen LogP contribution >= 0.6 is 11.8 Å². The molecule has 1 saturated heterocycles. The molecule has 0 bridgehead atoms. The molecule has 2 heterocycles. The Bertz CT molecular complexity index is 837. The predicted octanol–water partition coefficient (Wildman–Crippen LogP) is 3.15. The van der Waals surface area contributed by atoms with Crippen LogP contribution in [0, 0.1) is 0 Å². The van der Waals surface area contributed by atoms with Crippen LogP contribution in [0.4, 0.5) is 11.4 Å². The smallest absolute Gasteiger partial charge is 0.238 e. The number of hydrogen-bond donors (Lipinski definition) is 1. The van der Waals surface area contributed by atoms with Gasteiger partial charge >= 0.3 is 0 Å². The molecule has 2 amide bonds. The van der Waals surface area contributed by atoms with E-state index in [1.165, 1.54) is 6.92 Å². The molecule has 2 aromatic rings. The molecule has 1 atom stereocenters. The van der Waals surface area contributed by atoms with Gasteiger partial charge in [0.15, 0.2) is 11.5 Å². The quantitative estimate of drug-likeness (QED) is 0.915. The molecule has 1 fully saturated rings. The van der Waals surface area contributed by atoms with Crippen LogP contribution < -0.4 is 19.7 Å². The summed E-state index contributed by atoms with van der Waals surface area (Å²) < 4.78 is 10.8. The molecule has 128 valence electrons. The zero-order valence-electron chi connectivity index (χ0n) is 13.5. The average molecular weight is 356 g/mol. The van der Waals surface area contributed by atoms with Gasteiger partial charge in [-0.1, -0.05) is 6.07 Å². The number of benzene rings is 2. The second-order valence-electron chi connectivity index (χ2n) is 5.77. The summed E-state index contributed by atoms with van der Waals surface area (Å²) >= 11 is 1.58. The van der Waals surface area contributed by atoms with E-state index in [1.54, 1.807) is 28.8 Å². The molecule has 1 unspecified atom stereocenters. The third-order valence-electron chi connectivity index (χ3n) is 4.02. The van der Waals surface area contributed by atoms with E-state index in [0.717, 1.165) is 17.0 Å². The van der Waals surface area contributed by atoms with Gasteiger partial charge < -0.3 is 14.8 Å². The lowest BCUT2D eigenvalue weighted by atomic mass is 10.1. The molecule has 0 spiro atoms. The van der Waals surface area contributed by atoms with E-state index in [-0.39, 0.29) is 24.0 Å². The molecule has 4 rings (SSSR count). The van der Waals surface area contributed by atoms with Gasteiger partial charge in [0.1, 0.15) is 5.37 Å². The minimum atomic E-state index is -0.126. The SMILES string of the molecule is CC(=O)Nc1ccc(N2C(=O)CSC2c2ccc3c(c2)OCO3)cc1. The van der Waals surface area contributed by atoms with Gasteiger partial charge in [-0.05, 0) is 42.0 Å². The van der Waals surface area contributed by atoms with Gasteiger partial charge in [0.2, 0.25) is 18.6 Å². The highest BCUT2D eigenvalue weighted by Gasteiger charge is 2.34. The first-order chi connectivity index (χ1) is 12.1. The first kappa shape index (κ1) is 15.8. The average Bonchev–Trinajstić information content (AvgIpc) is 3.21. The molecule has 2 aliphatic heterocycles. The van der Waals surface area contributed by atoms with E-state index in [0.29, 0.717) is 17.2 Å². The van der Waals surface area contributed by atoms with Gasteiger partial charge in [0.25, 0.3) is 0 Å². The van der Waals surface area contributed by atoms with Crippen molar-refractivity contribution < 1.29 is 19.1 Å². The van der Waals surface area contributed by atoms with Gasteiger partial charge in [-0.2, -0.15) is 0 Å². The molecule has 0 aromatic heterocycles. The topological polar surface area (TPSA) is 67.9 Å². The van der Waals surface area contributed by atoms with E-state index in [2.05, 4.69) is 5.32 Å². The number of thioether (sulfide) groups is 1. The second kappa shape index (κ2) is 6.33. The van der Waals surface area contributed by atoms with E-state index >= 15 is 0 Å².